The van der Waals surface area contributed by atoms with Gasteiger partial charge in [0.25, 0.3) is 0 Å². The Labute approximate surface area is 84.0 Å². The maximum absolute atomic E-state index is 11.3. The van der Waals surface area contributed by atoms with Crippen LogP contribution in [0.3, 0.4) is 0 Å². The summed E-state index contributed by atoms with van der Waals surface area (Å²) in [6, 6.07) is 0. The van der Waals surface area contributed by atoms with Gasteiger partial charge in [-0.2, -0.15) is 0 Å². The van der Waals surface area contributed by atoms with Gasteiger partial charge in [-0.25, -0.2) is 14.3 Å². The molecule has 2 aromatic rings. The Morgan fingerprint density at radius 3 is 3.14 bits per heavy atom. The Morgan fingerprint density at radius 2 is 2.50 bits per heavy atom. The fourth-order valence-corrected chi connectivity index (χ4v) is 1.39. The smallest absolute Gasteiger partial charge is 0.419 e. The van der Waals surface area contributed by atoms with Crippen LogP contribution in [-0.4, -0.2) is 20.6 Å². The van der Waals surface area contributed by atoms with Crippen molar-refractivity contribution in [3.63, 3.8) is 0 Å². The van der Waals surface area contributed by atoms with E-state index in [2.05, 4.69) is 9.97 Å². The third kappa shape index (κ3) is 1.97. The van der Waals surface area contributed by atoms with Crippen molar-refractivity contribution in [2.75, 3.05) is 0 Å². The lowest BCUT2D eigenvalue weighted by Gasteiger charge is -2.01. The van der Waals surface area contributed by atoms with Gasteiger partial charge >= 0.3 is 6.09 Å². The highest BCUT2D eigenvalue weighted by atomic mass is 32.1. The van der Waals surface area contributed by atoms with E-state index in [9.17, 15) is 4.79 Å². The quantitative estimate of drug-likeness (QED) is 0.752. The Balaban J connectivity index is 1.90. The molecular formula is C8H7N3O2S. The summed E-state index contributed by atoms with van der Waals surface area (Å²) in [6.07, 6.45) is 5.69. The molecule has 0 N–H and O–H groups in total. The molecule has 0 saturated carbocycles. The summed E-state index contributed by atoms with van der Waals surface area (Å²) in [6.45, 7) is 0.252. The summed E-state index contributed by atoms with van der Waals surface area (Å²) in [5.74, 6) is 0. The number of carbonyl (C=O) groups is 1. The topological polar surface area (TPSA) is 57.0 Å². The van der Waals surface area contributed by atoms with Crippen LogP contribution < -0.4 is 0 Å². The number of hydrogen-bond acceptors (Lipinski definition) is 5. The van der Waals surface area contributed by atoms with Crippen LogP contribution in [0.5, 0.6) is 0 Å². The summed E-state index contributed by atoms with van der Waals surface area (Å²) in [4.78, 5) is 19.8. The Morgan fingerprint density at radius 1 is 1.57 bits per heavy atom. The average Bonchev–Trinajstić information content (AvgIpc) is 2.87. The van der Waals surface area contributed by atoms with Gasteiger partial charge in [-0.3, -0.25) is 4.98 Å². The number of nitrogens with zero attached hydrogens (tertiary/aromatic N) is 3. The van der Waals surface area contributed by atoms with Crippen molar-refractivity contribution >= 4 is 17.4 Å². The first-order chi connectivity index (χ1) is 6.86. The van der Waals surface area contributed by atoms with E-state index < -0.39 is 6.09 Å². The molecule has 0 bridgehead atoms. The molecule has 2 heterocycles. The minimum absolute atomic E-state index is 0.252. The van der Waals surface area contributed by atoms with Crippen molar-refractivity contribution in [1.82, 2.24) is 14.5 Å². The Kier molecular flexibility index (Phi) is 2.55. The highest BCUT2D eigenvalue weighted by Crippen LogP contribution is 2.07. The fourth-order valence-electron chi connectivity index (χ4n) is 0.888. The molecular weight excluding hydrogens is 202 g/mol. The van der Waals surface area contributed by atoms with Gasteiger partial charge in [-0.15, -0.1) is 11.3 Å². The van der Waals surface area contributed by atoms with Gasteiger partial charge in [-0.05, 0) is 0 Å². The maximum Gasteiger partial charge on any atom is 0.419 e. The number of hydrogen-bond donors (Lipinski definition) is 0. The zero-order valence-corrected chi connectivity index (χ0v) is 7.98. The molecule has 2 rings (SSSR count). The lowest BCUT2D eigenvalue weighted by Crippen LogP contribution is -2.10. The zero-order chi connectivity index (χ0) is 9.80. The molecule has 14 heavy (non-hydrogen) atoms. The first kappa shape index (κ1) is 8.89. The molecule has 0 unspecified atom stereocenters. The van der Waals surface area contributed by atoms with Crippen LogP contribution in [0, 0.1) is 0 Å². The van der Waals surface area contributed by atoms with Crippen LogP contribution in [-0.2, 0) is 11.3 Å². The maximum atomic E-state index is 11.3. The molecule has 0 aliphatic carbocycles. The Hall–Kier alpha value is -1.69. The van der Waals surface area contributed by atoms with Crippen molar-refractivity contribution in [2.45, 2.75) is 6.61 Å². The molecule has 0 radical (unpaired) electrons. The van der Waals surface area contributed by atoms with Crippen molar-refractivity contribution in [1.29, 1.82) is 0 Å². The molecule has 6 heteroatoms. The lowest BCUT2D eigenvalue weighted by atomic mass is 10.6. The number of thiazole rings is 1. The molecule has 0 spiro atoms. The van der Waals surface area contributed by atoms with E-state index in [0.29, 0.717) is 0 Å². The van der Waals surface area contributed by atoms with E-state index in [1.807, 2.05) is 0 Å². The van der Waals surface area contributed by atoms with Crippen LogP contribution in [0.2, 0.25) is 0 Å². The highest BCUT2D eigenvalue weighted by Gasteiger charge is 2.05. The first-order valence-corrected chi connectivity index (χ1v) is 4.76. The SMILES string of the molecule is O=C(OCc1cncs1)n1ccnc1. The average molecular weight is 209 g/mol. The fraction of sp³-hybridized carbons (Fsp3) is 0.125. The van der Waals surface area contributed by atoms with Gasteiger partial charge in [0.1, 0.15) is 12.9 Å². The first-order valence-electron chi connectivity index (χ1n) is 3.89. The third-order valence-electron chi connectivity index (χ3n) is 1.54. The normalized spacial score (nSPS) is 10.0. The molecule has 5 nitrogen and oxygen atoms in total. The van der Waals surface area contributed by atoms with Gasteiger partial charge in [0.05, 0.1) is 10.4 Å². The van der Waals surface area contributed by atoms with Gasteiger partial charge in [0.15, 0.2) is 0 Å². The molecule has 0 aromatic carbocycles. The van der Waals surface area contributed by atoms with E-state index in [1.54, 1.807) is 11.7 Å². The minimum atomic E-state index is -0.434. The highest BCUT2D eigenvalue weighted by molar-refractivity contribution is 7.09. The van der Waals surface area contributed by atoms with E-state index in [-0.39, 0.29) is 6.61 Å². The van der Waals surface area contributed by atoms with Crippen molar-refractivity contribution in [3.05, 3.63) is 35.3 Å². The summed E-state index contributed by atoms with van der Waals surface area (Å²) >= 11 is 1.45. The summed E-state index contributed by atoms with van der Waals surface area (Å²) in [5, 5.41) is 0. The molecule has 0 aliphatic rings. The second-order valence-corrected chi connectivity index (χ2v) is 3.46. The predicted octanol–water partition coefficient (Wildman–Crippen LogP) is 1.52. The van der Waals surface area contributed by atoms with Crippen LogP contribution in [0.25, 0.3) is 0 Å². The van der Waals surface area contributed by atoms with Crippen molar-refractivity contribution < 1.29 is 9.53 Å². The monoisotopic (exact) mass is 209 g/mol. The standard InChI is InChI=1S/C8H7N3O2S/c12-8(11-2-1-9-5-11)13-4-7-3-10-6-14-7/h1-3,5-6H,4H2. The second-order valence-electron chi connectivity index (χ2n) is 2.49. The Bertz CT molecular complexity index is 396. The minimum Gasteiger partial charge on any atom is -0.443 e. The molecule has 72 valence electrons. The van der Waals surface area contributed by atoms with Crippen LogP contribution in [0.1, 0.15) is 4.88 Å². The van der Waals surface area contributed by atoms with Crippen molar-refractivity contribution in [2.24, 2.45) is 0 Å². The lowest BCUT2D eigenvalue weighted by molar-refractivity contribution is 0.142. The van der Waals surface area contributed by atoms with Gasteiger partial charge < -0.3 is 4.74 Å². The third-order valence-corrected chi connectivity index (χ3v) is 2.29. The van der Waals surface area contributed by atoms with Gasteiger partial charge in [0.2, 0.25) is 0 Å². The van der Waals surface area contributed by atoms with E-state index in [0.717, 1.165) is 4.88 Å². The molecule has 0 atom stereocenters. The van der Waals surface area contributed by atoms with Crippen LogP contribution in [0.15, 0.2) is 30.4 Å². The number of ether oxygens (including phenoxy) is 1. The van der Waals surface area contributed by atoms with Crippen molar-refractivity contribution in [3.8, 4) is 0 Å². The largest absolute Gasteiger partial charge is 0.443 e. The second kappa shape index (κ2) is 4.01. The van der Waals surface area contributed by atoms with Gasteiger partial charge in [0, 0.05) is 18.6 Å². The van der Waals surface area contributed by atoms with E-state index in [1.165, 1.54) is 34.6 Å². The number of carbonyl (C=O) groups excluding carboxylic acids is 1. The van der Waals surface area contributed by atoms with Crippen LogP contribution in [0.4, 0.5) is 4.79 Å². The number of rotatable bonds is 2. The molecule has 0 fully saturated rings. The van der Waals surface area contributed by atoms with E-state index in [4.69, 9.17) is 4.74 Å². The van der Waals surface area contributed by atoms with Crippen LogP contribution >= 0.6 is 11.3 Å². The van der Waals surface area contributed by atoms with E-state index >= 15 is 0 Å². The zero-order valence-electron chi connectivity index (χ0n) is 7.16. The molecule has 0 aliphatic heterocycles. The molecule has 0 amide bonds. The molecule has 0 saturated heterocycles. The van der Waals surface area contributed by atoms with Gasteiger partial charge in [-0.1, -0.05) is 0 Å². The summed E-state index contributed by atoms with van der Waals surface area (Å²) in [7, 11) is 0. The predicted molar refractivity (Wildman–Crippen MR) is 49.9 cm³/mol. The summed E-state index contributed by atoms with van der Waals surface area (Å²) in [5.41, 5.74) is 1.69. The summed E-state index contributed by atoms with van der Waals surface area (Å²) < 4.78 is 6.26. The molecule has 2 aromatic heterocycles. The number of aromatic nitrogens is 3. The number of imidazole rings is 1.